The lowest BCUT2D eigenvalue weighted by Crippen LogP contribution is -2.14. The first-order valence-corrected chi connectivity index (χ1v) is 6.23. The third kappa shape index (κ3) is 11.2. The second-order valence-electron chi connectivity index (χ2n) is 3.24. The van der Waals surface area contributed by atoms with Gasteiger partial charge in [-0.3, -0.25) is 0 Å². The van der Waals surface area contributed by atoms with Gasteiger partial charge in [-0.2, -0.15) is 0 Å². The molecule has 0 bridgehead atoms. The minimum Gasteiger partial charge on any atom is -0.321 e. The van der Waals surface area contributed by atoms with Crippen molar-refractivity contribution in [1.82, 2.24) is 20.1 Å². The molecule has 98 valence electrons. The number of hydrogen-bond donors (Lipinski definition) is 1. The molecule has 0 atom stereocenters. The van der Waals surface area contributed by atoms with E-state index in [4.69, 9.17) is 0 Å². The number of aromatic nitrogens is 3. The van der Waals surface area contributed by atoms with E-state index < -0.39 is 0 Å². The monoisotopic (exact) mass is 230 g/mol. The lowest BCUT2D eigenvalue weighted by atomic mass is 10.4. The molecule has 0 aliphatic heterocycles. The van der Waals surface area contributed by atoms with Gasteiger partial charge in [0.25, 0.3) is 0 Å². The second-order valence-corrected chi connectivity index (χ2v) is 3.24. The lowest BCUT2D eigenvalue weighted by Gasteiger charge is -1.95. The van der Waals surface area contributed by atoms with E-state index in [2.05, 4.69) is 29.4 Å². The van der Waals surface area contributed by atoms with Crippen LogP contribution in [0.1, 0.15) is 47.8 Å². The maximum absolute atomic E-state index is 3.73. The van der Waals surface area contributed by atoms with Crippen LogP contribution < -0.4 is 5.32 Å². The van der Waals surface area contributed by atoms with Gasteiger partial charge in [0.15, 0.2) is 0 Å². The highest BCUT2D eigenvalue weighted by molar-refractivity contribution is 4.76. The van der Waals surface area contributed by atoms with Crippen molar-refractivity contribution in [3.8, 4) is 0 Å². The summed E-state index contributed by atoms with van der Waals surface area (Å²) in [7, 11) is 1.91. The van der Waals surface area contributed by atoms with Gasteiger partial charge in [0, 0.05) is 8.47 Å². The molecule has 1 rings (SSSR count). The smallest absolute Gasteiger partial charge is 0.129 e. The largest absolute Gasteiger partial charge is 0.321 e. The fourth-order valence-corrected chi connectivity index (χ4v) is 0.819. The van der Waals surface area contributed by atoms with E-state index in [0.29, 0.717) is 0 Å². The van der Waals surface area contributed by atoms with Crippen molar-refractivity contribution in [3.05, 3.63) is 12.2 Å². The molecule has 1 heterocycles. The van der Waals surface area contributed by atoms with Gasteiger partial charge >= 0.3 is 0 Å². The lowest BCUT2D eigenvalue weighted by molar-refractivity contribution is 0.662. The number of nitrogens with one attached hydrogen (secondary N) is 1. The van der Waals surface area contributed by atoms with Crippen LogP contribution in [0.25, 0.3) is 0 Å². The highest BCUT2D eigenvalue weighted by Gasteiger charge is 1.85. The van der Waals surface area contributed by atoms with Gasteiger partial charge in [0.2, 0.25) is 0 Å². The van der Waals surface area contributed by atoms with Gasteiger partial charge in [-0.05, 0) is 32.9 Å². The van der Waals surface area contributed by atoms with Crippen molar-refractivity contribution in [2.75, 3.05) is 13.1 Å². The molecular weight excluding hydrogens is 200 g/mol. The average Bonchev–Trinajstić information content (AvgIpc) is 2.68. The zero-order valence-electron chi connectivity index (χ0n) is 11.7. The first-order chi connectivity index (χ1) is 7.72. The Morgan fingerprint density at radius 2 is 1.75 bits per heavy atom. The van der Waals surface area contributed by atoms with Gasteiger partial charge in [-0.25, -0.2) is 0 Å². The van der Waals surface area contributed by atoms with Gasteiger partial charge < -0.3 is 9.88 Å². The maximum Gasteiger partial charge on any atom is 0.129 e. The zero-order chi connectivity index (χ0) is 12.8. The minimum absolute atomic E-state index is 0. The number of nitrogens with zero attached hydrogens (tertiary/aromatic N) is 3. The van der Waals surface area contributed by atoms with Crippen LogP contribution in [0.4, 0.5) is 0 Å². The van der Waals surface area contributed by atoms with Crippen molar-refractivity contribution in [2.24, 2.45) is 7.05 Å². The highest BCUT2D eigenvalue weighted by atomic mass is 15.2. The molecule has 0 amide bonds. The second kappa shape index (κ2) is 14.1. The van der Waals surface area contributed by atoms with Crippen molar-refractivity contribution >= 4 is 0 Å². The number of aryl methyl sites for hydroxylation is 2. The van der Waals surface area contributed by atoms with Crippen LogP contribution in [-0.2, 0) is 7.05 Å². The van der Waals surface area contributed by atoms with Crippen LogP contribution in [0.15, 0.2) is 6.33 Å². The topological polar surface area (TPSA) is 42.7 Å². The Labute approximate surface area is 102 Å². The Morgan fingerprint density at radius 3 is 1.94 bits per heavy atom. The standard InChI is InChI=1S/C6H15N.C4H7N3.C2H6.H2/c1-3-5-7-6-4-2;1-4-6-5-3-7(4)2;1-2;/h7H,3-6H2,1-2H3;3H,1-2H3;1-2H3;1H. The number of hydrogen-bond acceptors (Lipinski definition) is 3. The van der Waals surface area contributed by atoms with E-state index in [9.17, 15) is 0 Å². The minimum atomic E-state index is 0. The van der Waals surface area contributed by atoms with E-state index >= 15 is 0 Å². The summed E-state index contributed by atoms with van der Waals surface area (Å²) >= 11 is 0. The Kier molecular flexibility index (Phi) is 15.4. The molecule has 0 unspecified atom stereocenters. The van der Waals surface area contributed by atoms with Crippen LogP contribution in [0, 0.1) is 6.92 Å². The summed E-state index contributed by atoms with van der Waals surface area (Å²) in [5, 5.41) is 10.6. The summed E-state index contributed by atoms with van der Waals surface area (Å²) in [5.41, 5.74) is 0. The zero-order valence-corrected chi connectivity index (χ0v) is 11.7. The summed E-state index contributed by atoms with van der Waals surface area (Å²) in [6, 6.07) is 0. The molecule has 1 aromatic heterocycles. The van der Waals surface area contributed by atoms with Crippen LogP contribution in [0.3, 0.4) is 0 Å². The molecule has 0 saturated heterocycles. The summed E-state index contributed by atoms with van der Waals surface area (Å²) in [6.45, 7) is 12.6. The van der Waals surface area contributed by atoms with Crippen molar-refractivity contribution in [3.63, 3.8) is 0 Å². The van der Waals surface area contributed by atoms with Crippen molar-refractivity contribution < 1.29 is 1.43 Å². The van der Waals surface area contributed by atoms with E-state index in [1.165, 1.54) is 25.9 Å². The van der Waals surface area contributed by atoms with Gasteiger partial charge in [0.1, 0.15) is 12.2 Å². The quantitative estimate of drug-likeness (QED) is 0.809. The Morgan fingerprint density at radius 1 is 1.25 bits per heavy atom. The maximum atomic E-state index is 3.73. The first kappa shape index (κ1) is 17.5. The van der Waals surface area contributed by atoms with Gasteiger partial charge in [0.05, 0.1) is 0 Å². The molecule has 16 heavy (non-hydrogen) atoms. The van der Waals surface area contributed by atoms with E-state index in [1.807, 2.05) is 32.4 Å². The van der Waals surface area contributed by atoms with Crippen LogP contribution in [0.5, 0.6) is 0 Å². The molecule has 0 radical (unpaired) electrons. The molecule has 0 saturated carbocycles. The summed E-state index contributed by atoms with van der Waals surface area (Å²) in [4.78, 5) is 0. The fraction of sp³-hybridized carbons (Fsp3) is 0.833. The Balaban J connectivity index is -0.000000191. The molecule has 1 aromatic rings. The molecule has 0 aliphatic rings. The SMILES string of the molecule is CC.CCCNCCC.Cc1nncn1C.[HH]. The van der Waals surface area contributed by atoms with Crippen molar-refractivity contribution in [1.29, 1.82) is 0 Å². The van der Waals surface area contributed by atoms with Crippen LogP contribution in [0.2, 0.25) is 0 Å². The molecule has 0 aromatic carbocycles. The normalized spacial score (nSPS) is 8.62. The Bertz CT molecular complexity index is 206. The predicted octanol–water partition coefficient (Wildman–Crippen LogP) is 2.79. The fourth-order valence-electron chi connectivity index (χ4n) is 0.819. The summed E-state index contributed by atoms with van der Waals surface area (Å²) in [6.07, 6.45) is 4.18. The highest BCUT2D eigenvalue weighted by Crippen LogP contribution is 1.82. The molecule has 0 aliphatic carbocycles. The average molecular weight is 230 g/mol. The first-order valence-electron chi connectivity index (χ1n) is 6.23. The van der Waals surface area contributed by atoms with E-state index in [1.54, 1.807) is 6.33 Å². The van der Waals surface area contributed by atoms with Crippen molar-refractivity contribution in [2.45, 2.75) is 47.5 Å². The predicted molar refractivity (Wildman–Crippen MR) is 72.7 cm³/mol. The molecule has 4 heteroatoms. The molecule has 0 fully saturated rings. The molecule has 0 spiro atoms. The van der Waals surface area contributed by atoms with Gasteiger partial charge in [-0.1, -0.05) is 27.7 Å². The van der Waals surface area contributed by atoms with E-state index in [0.717, 1.165) is 5.82 Å². The summed E-state index contributed by atoms with van der Waals surface area (Å²) in [5.74, 6) is 0.944. The third-order valence-corrected chi connectivity index (χ3v) is 1.79. The Hall–Kier alpha value is -0.900. The molecule has 4 nitrogen and oxygen atoms in total. The van der Waals surface area contributed by atoms with Crippen LogP contribution in [-0.4, -0.2) is 27.9 Å². The molecular formula is C12H30N4. The van der Waals surface area contributed by atoms with Crippen LogP contribution >= 0.6 is 0 Å². The third-order valence-electron chi connectivity index (χ3n) is 1.79. The van der Waals surface area contributed by atoms with Gasteiger partial charge in [-0.15, -0.1) is 10.2 Å². The molecule has 1 N–H and O–H groups in total. The van der Waals surface area contributed by atoms with E-state index in [-0.39, 0.29) is 1.43 Å². The number of rotatable bonds is 4. The summed E-state index contributed by atoms with van der Waals surface area (Å²) < 4.78 is 1.86.